The van der Waals surface area contributed by atoms with Crippen LogP contribution in [0.4, 0.5) is 0 Å². The first-order valence-electron chi connectivity index (χ1n) is 3.50. The Morgan fingerprint density at radius 3 is 3.09 bits per heavy atom. The number of aliphatic hydroxyl groups excluding tert-OH is 1. The van der Waals surface area contributed by atoms with Gasteiger partial charge in [-0.1, -0.05) is 0 Å². The van der Waals surface area contributed by atoms with Gasteiger partial charge in [0.15, 0.2) is 0 Å². The van der Waals surface area contributed by atoms with E-state index in [2.05, 4.69) is 4.98 Å². The van der Waals surface area contributed by atoms with Crippen LogP contribution in [0.5, 0.6) is 5.75 Å². The SMILES string of the molecule is CC(O)COc1cccnc1. The zero-order valence-corrected chi connectivity index (χ0v) is 6.40. The van der Waals surface area contributed by atoms with Gasteiger partial charge in [0.1, 0.15) is 12.4 Å². The fourth-order valence-corrected chi connectivity index (χ4v) is 0.649. The zero-order valence-electron chi connectivity index (χ0n) is 6.40. The van der Waals surface area contributed by atoms with Gasteiger partial charge >= 0.3 is 0 Å². The van der Waals surface area contributed by atoms with Gasteiger partial charge in [-0.05, 0) is 19.1 Å². The van der Waals surface area contributed by atoms with Crippen LogP contribution in [0.25, 0.3) is 0 Å². The maximum atomic E-state index is 8.87. The molecule has 0 spiro atoms. The zero-order chi connectivity index (χ0) is 8.10. The first-order chi connectivity index (χ1) is 5.29. The highest BCUT2D eigenvalue weighted by Gasteiger charge is 1.95. The third-order valence-corrected chi connectivity index (χ3v) is 1.13. The summed E-state index contributed by atoms with van der Waals surface area (Å²) in [7, 11) is 0. The van der Waals surface area contributed by atoms with E-state index in [0.29, 0.717) is 12.4 Å². The largest absolute Gasteiger partial charge is 0.489 e. The average molecular weight is 153 g/mol. The minimum absolute atomic E-state index is 0.311. The molecule has 0 aliphatic rings. The van der Waals surface area contributed by atoms with Crippen LogP contribution in [0, 0.1) is 0 Å². The molecule has 0 amide bonds. The predicted octanol–water partition coefficient (Wildman–Crippen LogP) is 0.841. The lowest BCUT2D eigenvalue weighted by molar-refractivity contribution is 0.122. The quantitative estimate of drug-likeness (QED) is 0.699. The van der Waals surface area contributed by atoms with Crippen molar-refractivity contribution in [3.8, 4) is 5.75 Å². The number of hydrogen-bond donors (Lipinski definition) is 1. The Morgan fingerprint density at radius 1 is 1.73 bits per heavy atom. The predicted molar refractivity (Wildman–Crippen MR) is 41.4 cm³/mol. The van der Waals surface area contributed by atoms with Crippen LogP contribution in [0.3, 0.4) is 0 Å². The number of aromatic nitrogens is 1. The topological polar surface area (TPSA) is 42.4 Å². The summed E-state index contributed by atoms with van der Waals surface area (Å²) in [6.45, 7) is 1.99. The summed E-state index contributed by atoms with van der Waals surface area (Å²) >= 11 is 0. The van der Waals surface area contributed by atoms with E-state index in [0.717, 1.165) is 0 Å². The molecule has 3 nitrogen and oxygen atoms in total. The fraction of sp³-hybridized carbons (Fsp3) is 0.375. The summed E-state index contributed by atoms with van der Waals surface area (Å²) in [5.74, 6) is 0.688. The van der Waals surface area contributed by atoms with Gasteiger partial charge in [-0.2, -0.15) is 0 Å². The molecule has 1 rings (SSSR count). The minimum Gasteiger partial charge on any atom is -0.489 e. The van der Waals surface area contributed by atoms with Crippen molar-refractivity contribution >= 4 is 0 Å². The second kappa shape index (κ2) is 3.93. The molecule has 0 saturated carbocycles. The first kappa shape index (κ1) is 8.01. The van der Waals surface area contributed by atoms with Gasteiger partial charge in [0.25, 0.3) is 0 Å². The molecule has 0 radical (unpaired) electrons. The summed E-state index contributed by atoms with van der Waals surface area (Å²) in [6, 6.07) is 3.59. The molecule has 0 aliphatic carbocycles. The van der Waals surface area contributed by atoms with Gasteiger partial charge in [-0.3, -0.25) is 4.98 Å². The molecule has 0 fully saturated rings. The van der Waals surface area contributed by atoms with Crippen LogP contribution in [-0.4, -0.2) is 22.8 Å². The smallest absolute Gasteiger partial charge is 0.137 e. The van der Waals surface area contributed by atoms with Crippen LogP contribution in [0.15, 0.2) is 24.5 Å². The monoisotopic (exact) mass is 153 g/mol. The number of hydrogen-bond acceptors (Lipinski definition) is 3. The highest BCUT2D eigenvalue weighted by atomic mass is 16.5. The molecule has 11 heavy (non-hydrogen) atoms. The minimum atomic E-state index is -0.435. The molecule has 3 heteroatoms. The van der Waals surface area contributed by atoms with Crippen molar-refractivity contribution in [3.05, 3.63) is 24.5 Å². The van der Waals surface area contributed by atoms with Gasteiger partial charge in [0.05, 0.1) is 12.3 Å². The van der Waals surface area contributed by atoms with Crippen molar-refractivity contribution in [1.29, 1.82) is 0 Å². The van der Waals surface area contributed by atoms with Gasteiger partial charge in [0, 0.05) is 6.20 Å². The Hall–Kier alpha value is -1.09. The van der Waals surface area contributed by atoms with Crippen LogP contribution in [-0.2, 0) is 0 Å². The van der Waals surface area contributed by atoms with Crippen LogP contribution < -0.4 is 4.74 Å². The number of ether oxygens (including phenoxy) is 1. The Balaban J connectivity index is 2.39. The van der Waals surface area contributed by atoms with E-state index in [1.807, 2.05) is 0 Å². The van der Waals surface area contributed by atoms with E-state index in [1.54, 1.807) is 31.5 Å². The molecule has 1 aromatic heterocycles. The summed E-state index contributed by atoms with van der Waals surface area (Å²) in [5.41, 5.74) is 0. The average Bonchev–Trinajstić information content (AvgIpc) is 2.03. The normalized spacial score (nSPS) is 12.5. The van der Waals surface area contributed by atoms with E-state index in [-0.39, 0.29) is 0 Å². The second-order valence-electron chi connectivity index (χ2n) is 2.35. The molecule has 0 bridgehead atoms. The molecular weight excluding hydrogens is 142 g/mol. The third kappa shape index (κ3) is 3.00. The Labute approximate surface area is 65.7 Å². The van der Waals surface area contributed by atoms with Crippen LogP contribution in [0.1, 0.15) is 6.92 Å². The lowest BCUT2D eigenvalue weighted by Gasteiger charge is -2.06. The van der Waals surface area contributed by atoms with E-state index in [9.17, 15) is 0 Å². The maximum Gasteiger partial charge on any atom is 0.137 e. The summed E-state index contributed by atoms with van der Waals surface area (Å²) in [6.07, 6.45) is 2.85. The Bertz CT molecular complexity index is 199. The van der Waals surface area contributed by atoms with Gasteiger partial charge < -0.3 is 9.84 Å². The summed E-state index contributed by atoms with van der Waals surface area (Å²) in [5, 5.41) is 8.87. The van der Waals surface area contributed by atoms with Gasteiger partial charge in [-0.15, -0.1) is 0 Å². The van der Waals surface area contributed by atoms with Crippen molar-refractivity contribution in [2.24, 2.45) is 0 Å². The first-order valence-corrected chi connectivity index (χ1v) is 3.50. The van der Waals surface area contributed by atoms with E-state index >= 15 is 0 Å². The van der Waals surface area contributed by atoms with E-state index in [4.69, 9.17) is 9.84 Å². The van der Waals surface area contributed by atoms with Crippen molar-refractivity contribution in [3.63, 3.8) is 0 Å². The number of pyridine rings is 1. The van der Waals surface area contributed by atoms with E-state index in [1.165, 1.54) is 0 Å². The van der Waals surface area contributed by atoms with Crippen molar-refractivity contribution < 1.29 is 9.84 Å². The molecule has 0 saturated heterocycles. The fourth-order valence-electron chi connectivity index (χ4n) is 0.649. The third-order valence-electron chi connectivity index (χ3n) is 1.13. The van der Waals surface area contributed by atoms with Crippen molar-refractivity contribution in [1.82, 2.24) is 4.98 Å². The highest BCUT2D eigenvalue weighted by molar-refractivity contribution is 5.15. The molecule has 1 aromatic rings. The molecule has 0 aromatic carbocycles. The number of aliphatic hydroxyl groups is 1. The standard InChI is InChI=1S/C8H11NO2/c1-7(10)6-11-8-3-2-4-9-5-8/h2-5,7,10H,6H2,1H3. The molecule has 1 unspecified atom stereocenters. The second-order valence-corrected chi connectivity index (χ2v) is 2.35. The van der Waals surface area contributed by atoms with Gasteiger partial charge in [0.2, 0.25) is 0 Å². The van der Waals surface area contributed by atoms with Crippen molar-refractivity contribution in [2.75, 3.05) is 6.61 Å². The Kier molecular flexibility index (Phi) is 2.86. The number of rotatable bonds is 3. The van der Waals surface area contributed by atoms with Gasteiger partial charge in [-0.25, -0.2) is 0 Å². The van der Waals surface area contributed by atoms with Crippen molar-refractivity contribution in [2.45, 2.75) is 13.0 Å². The summed E-state index contributed by atoms with van der Waals surface area (Å²) < 4.78 is 5.15. The van der Waals surface area contributed by atoms with Crippen LogP contribution in [0.2, 0.25) is 0 Å². The van der Waals surface area contributed by atoms with E-state index < -0.39 is 6.10 Å². The van der Waals surface area contributed by atoms with Crippen LogP contribution >= 0.6 is 0 Å². The highest BCUT2D eigenvalue weighted by Crippen LogP contribution is 2.05. The lowest BCUT2D eigenvalue weighted by atomic mass is 10.4. The molecule has 60 valence electrons. The molecule has 1 atom stereocenters. The molecule has 0 aliphatic heterocycles. The maximum absolute atomic E-state index is 8.87. The lowest BCUT2D eigenvalue weighted by Crippen LogP contribution is -2.12. The molecule has 1 heterocycles. The molecular formula is C8H11NO2. The Morgan fingerprint density at radius 2 is 2.55 bits per heavy atom. The summed E-state index contributed by atoms with van der Waals surface area (Å²) in [4.78, 5) is 3.86. The molecule has 1 N–H and O–H groups in total. The number of nitrogens with zero attached hydrogens (tertiary/aromatic N) is 1.